The largest absolute Gasteiger partial charge is 0.309 e. The van der Waals surface area contributed by atoms with Gasteiger partial charge in [0.05, 0.1) is 11.9 Å². The highest BCUT2D eigenvalue weighted by Gasteiger charge is 2.30. The summed E-state index contributed by atoms with van der Waals surface area (Å²) in [6.45, 7) is 1.97. The molecule has 0 saturated heterocycles. The summed E-state index contributed by atoms with van der Waals surface area (Å²) in [6, 6.07) is 10.7. The van der Waals surface area contributed by atoms with E-state index in [1.54, 1.807) is 4.90 Å². The quantitative estimate of drug-likeness (QED) is 0.735. The molecule has 0 spiro atoms. The Balaban J connectivity index is 1.69. The number of hydrogen-bond acceptors (Lipinski definition) is 3. The van der Waals surface area contributed by atoms with E-state index in [0.29, 0.717) is 0 Å². The molecule has 2 aromatic rings. The number of anilines is 2. The molecule has 2 aromatic carbocycles. The average Bonchev–Trinajstić information content (AvgIpc) is 2.96. The van der Waals surface area contributed by atoms with Crippen LogP contribution in [0.25, 0.3) is 0 Å². The van der Waals surface area contributed by atoms with Crippen LogP contribution in [-0.4, -0.2) is 33.2 Å². The van der Waals surface area contributed by atoms with Crippen LogP contribution >= 0.6 is 0 Å². The molecule has 1 aliphatic heterocycles. The van der Waals surface area contributed by atoms with Gasteiger partial charge in [-0.3, -0.25) is 9.10 Å². The molecule has 0 N–H and O–H groups in total. The van der Waals surface area contributed by atoms with Crippen molar-refractivity contribution >= 4 is 27.3 Å². The van der Waals surface area contributed by atoms with Crippen molar-refractivity contribution in [2.75, 3.05) is 22.0 Å². The van der Waals surface area contributed by atoms with E-state index in [0.717, 1.165) is 40.4 Å². The molecule has 0 aromatic heterocycles. The van der Waals surface area contributed by atoms with Gasteiger partial charge in [-0.15, -0.1) is 0 Å². The number of halogens is 2. The van der Waals surface area contributed by atoms with Gasteiger partial charge in [0.2, 0.25) is 15.9 Å². The number of sulfonamides is 1. The maximum Gasteiger partial charge on any atom is 0.232 e. The zero-order chi connectivity index (χ0) is 20.5. The highest BCUT2D eigenvalue weighted by atomic mass is 32.2. The average molecular weight is 408 g/mol. The fourth-order valence-electron chi connectivity index (χ4n) is 3.57. The molecule has 1 aliphatic rings. The SMILES string of the molecule is C[C@H]1Cc2ccccc2N1C(=O)CCCN(c1ccc(F)c(F)c1)S(C)(=O)=O. The third-order valence-electron chi connectivity index (χ3n) is 4.82. The number of carbonyl (C=O) groups is 1. The second kappa shape index (κ2) is 7.87. The number of para-hydroxylation sites is 1. The van der Waals surface area contributed by atoms with E-state index in [1.807, 2.05) is 31.2 Å². The Morgan fingerprint density at radius 3 is 2.57 bits per heavy atom. The van der Waals surface area contributed by atoms with Gasteiger partial charge in [0.1, 0.15) is 0 Å². The summed E-state index contributed by atoms with van der Waals surface area (Å²) < 4.78 is 51.8. The first-order valence-electron chi connectivity index (χ1n) is 9.01. The van der Waals surface area contributed by atoms with Crippen molar-refractivity contribution in [3.63, 3.8) is 0 Å². The van der Waals surface area contributed by atoms with Crippen LogP contribution in [0.3, 0.4) is 0 Å². The molecular formula is C20H22F2N2O3S. The van der Waals surface area contributed by atoms with Gasteiger partial charge in [-0.05, 0) is 43.5 Å². The maximum absolute atomic E-state index is 13.5. The molecule has 0 saturated carbocycles. The van der Waals surface area contributed by atoms with Crippen molar-refractivity contribution in [3.8, 4) is 0 Å². The third-order valence-corrected chi connectivity index (χ3v) is 6.01. The van der Waals surface area contributed by atoms with Crippen molar-refractivity contribution in [1.82, 2.24) is 0 Å². The Kier molecular flexibility index (Phi) is 5.69. The predicted molar refractivity (Wildman–Crippen MR) is 105 cm³/mol. The fraction of sp³-hybridized carbons (Fsp3) is 0.350. The third kappa shape index (κ3) is 4.16. The molecule has 1 heterocycles. The number of nitrogens with zero attached hydrogens (tertiary/aromatic N) is 2. The molecule has 0 aliphatic carbocycles. The molecule has 28 heavy (non-hydrogen) atoms. The van der Waals surface area contributed by atoms with Gasteiger partial charge < -0.3 is 4.90 Å². The zero-order valence-electron chi connectivity index (χ0n) is 15.7. The van der Waals surface area contributed by atoms with Gasteiger partial charge in [0, 0.05) is 30.8 Å². The number of carbonyl (C=O) groups excluding carboxylic acids is 1. The van der Waals surface area contributed by atoms with Crippen LogP contribution in [0.5, 0.6) is 0 Å². The summed E-state index contributed by atoms with van der Waals surface area (Å²) in [6.07, 6.45) is 2.19. The van der Waals surface area contributed by atoms with Gasteiger partial charge in [0.15, 0.2) is 11.6 Å². The summed E-state index contributed by atoms with van der Waals surface area (Å²) in [4.78, 5) is 14.5. The van der Waals surface area contributed by atoms with Crippen LogP contribution in [0.2, 0.25) is 0 Å². The van der Waals surface area contributed by atoms with Crippen molar-refractivity contribution < 1.29 is 22.0 Å². The molecule has 0 radical (unpaired) electrons. The molecule has 0 fully saturated rings. The Morgan fingerprint density at radius 1 is 1.18 bits per heavy atom. The molecule has 1 atom stereocenters. The van der Waals surface area contributed by atoms with Crippen LogP contribution in [0.1, 0.15) is 25.3 Å². The molecule has 0 bridgehead atoms. The number of rotatable bonds is 6. The molecule has 5 nitrogen and oxygen atoms in total. The normalized spacial score (nSPS) is 16.1. The Bertz CT molecular complexity index is 995. The molecule has 1 amide bonds. The smallest absolute Gasteiger partial charge is 0.232 e. The van der Waals surface area contributed by atoms with E-state index in [-0.39, 0.29) is 37.0 Å². The Morgan fingerprint density at radius 2 is 1.89 bits per heavy atom. The molecule has 8 heteroatoms. The van der Waals surface area contributed by atoms with Gasteiger partial charge in [-0.25, -0.2) is 17.2 Å². The first-order chi connectivity index (χ1) is 13.2. The number of fused-ring (bicyclic) bond motifs is 1. The van der Waals surface area contributed by atoms with Crippen molar-refractivity contribution in [3.05, 3.63) is 59.7 Å². The monoisotopic (exact) mass is 408 g/mol. The summed E-state index contributed by atoms with van der Waals surface area (Å²) >= 11 is 0. The van der Waals surface area contributed by atoms with Crippen molar-refractivity contribution in [1.29, 1.82) is 0 Å². The maximum atomic E-state index is 13.5. The van der Waals surface area contributed by atoms with Gasteiger partial charge >= 0.3 is 0 Å². The van der Waals surface area contributed by atoms with Crippen LogP contribution < -0.4 is 9.21 Å². The summed E-state index contributed by atoms with van der Waals surface area (Å²) in [5, 5.41) is 0. The Hall–Kier alpha value is -2.48. The lowest BCUT2D eigenvalue weighted by molar-refractivity contribution is -0.118. The first kappa shape index (κ1) is 20.3. The van der Waals surface area contributed by atoms with Crippen LogP contribution in [0.4, 0.5) is 20.2 Å². The second-order valence-electron chi connectivity index (χ2n) is 6.98. The van der Waals surface area contributed by atoms with Gasteiger partial charge in [-0.2, -0.15) is 0 Å². The van der Waals surface area contributed by atoms with Gasteiger partial charge in [-0.1, -0.05) is 18.2 Å². The molecule has 150 valence electrons. The number of hydrogen-bond donors (Lipinski definition) is 0. The molecule has 3 rings (SSSR count). The van der Waals surface area contributed by atoms with Crippen LogP contribution in [0, 0.1) is 11.6 Å². The summed E-state index contributed by atoms with van der Waals surface area (Å²) in [7, 11) is -3.70. The lowest BCUT2D eigenvalue weighted by Crippen LogP contribution is -2.37. The van der Waals surface area contributed by atoms with Crippen molar-refractivity contribution in [2.45, 2.75) is 32.2 Å². The highest BCUT2D eigenvalue weighted by Crippen LogP contribution is 2.32. The minimum Gasteiger partial charge on any atom is -0.309 e. The van der Waals surface area contributed by atoms with E-state index >= 15 is 0 Å². The lowest BCUT2D eigenvalue weighted by atomic mass is 10.1. The summed E-state index contributed by atoms with van der Waals surface area (Å²) in [5.41, 5.74) is 2.04. The zero-order valence-corrected chi connectivity index (χ0v) is 16.5. The fourth-order valence-corrected chi connectivity index (χ4v) is 4.52. The molecular weight excluding hydrogens is 386 g/mol. The first-order valence-corrected chi connectivity index (χ1v) is 10.9. The van der Waals surface area contributed by atoms with Crippen LogP contribution in [-0.2, 0) is 21.2 Å². The minimum absolute atomic E-state index is 0.000483. The van der Waals surface area contributed by atoms with Crippen molar-refractivity contribution in [2.24, 2.45) is 0 Å². The Labute approximate surface area is 163 Å². The lowest BCUT2D eigenvalue weighted by Gasteiger charge is -2.25. The van der Waals surface area contributed by atoms with E-state index in [1.165, 1.54) is 6.07 Å². The van der Waals surface area contributed by atoms with E-state index in [9.17, 15) is 22.0 Å². The summed E-state index contributed by atoms with van der Waals surface area (Å²) in [5.74, 6) is -2.25. The van der Waals surface area contributed by atoms with E-state index in [2.05, 4.69) is 0 Å². The van der Waals surface area contributed by atoms with Crippen LogP contribution in [0.15, 0.2) is 42.5 Å². The second-order valence-corrected chi connectivity index (χ2v) is 8.89. The van der Waals surface area contributed by atoms with Gasteiger partial charge in [0.25, 0.3) is 0 Å². The molecule has 0 unspecified atom stereocenters. The minimum atomic E-state index is -3.70. The standard InChI is InChI=1S/C20H22F2N2O3S/c1-14-12-15-6-3-4-7-19(15)24(14)20(25)8-5-11-23(28(2,26)27)16-9-10-17(21)18(22)13-16/h3-4,6-7,9-10,13-14H,5,8,11-12H2,1-2H3/t14-/m0/s1. The topological polar surface area (TPSA) is 57.7 Å². The predicted octanol–water partition coefficient (Wildman–Crippen LogP) is 3.49. The highest BCUT2D eigenvalue weighted by molar-refractivity contribution is 7.92. The number of amides is 1. The van der Waals surface area contributed by atoms with E-state index < -0.39 is 21.7 Å². The van der Waals surface area contributed by atoms with E-state index in [4.69, 9.17) is 0 Å². The number of benzene rings is 2.